The molecule has 0 aliphatic carbocycles. The van der Waals surface area contributed by atoms with Crippen LogP contribution >= 0.6 is 0 Å². The highest BCUT2D eigenvalue weighted by Crippen LogP contribution is 2.32. The van der Waals surface area contributed by atoms with Crippen molar-refractivity contribution in [1.29, 1.82) is 0 Å². The fourth-order valence-corrected chi connectivity index (χ4v) is 3.41. The van der Waals surface area contributed by atoms with Gasteiger partial charge in [-0.2, -0.15) is 8.42 Å². The van der Waals surface area contributed by atoms with Crippen LogP contribution < -0.4 is 5.73 Å². The van der Waals surface area contributed by atoms with Gasteiger partial charge in [0.1, 0.15) is 6.61 Å². The molecule has 0 aliphatic heterocycles. The first kappa shape index (κ1) is 22.0. The van der Waals surface area contributed by atoms with Crippen molar-refractivity contribution in [3.05, 3.63) is 12.2 Å². The molecule has 0 aliphatic rings. The summed E-state index contributed by atoms with van der Waals surface area (Å²) >= 11 is 0. The largest absolute Gasteiger partial charge is 0.458 e. The average molecular weight is 351 g/mol. The van der Waals surface area contributed by atoms with Crippen molar-refractivity contribution >= 4 is 16.1 Å². The van der Waals surface area contributed by atoms with Crippen LogP contribution in [0.4, 0.5) is 0 Å². The minimum Gasteiger partial charge on any atom is -0.458 e. The number of hydrogen-bond donors (Lipinski definition) is 2. The molecule has 1 atom stereocenters. The van der Waals surface area contributed by atoms with Crippen molar-refractivity contribution < 1.29 is 27.2 Å². The van der Waals surface area contributed by atoms with Crippen molar-refractivity contribution in [2.24, 2.45) is 5.73 Å². The first-order valence-electron chi connectivity index (χ1n) is 7.69. The molecule has 0 fully saturated rings. The second-order valence-electron chi connectivity index (χ2n) is 5.72. The van der Waals surface area contributed by atoms with Crippen LogP contribution in [0.2, 0.25) is 0 Å². The summed E-state index contributed by atoms with van der Waals surface area (Å²) in [5.41, 5.74) is 5.03. The van der Waals surface area contributed by atoms with Crippen LogP contribution in [0, 0.1) is 0 Å². The molecule has 1 unspecified atom stereocenters. The third-order valence-electron chi connectivity index (χ3n) is 4.07. The molecule has 23 heavy (non-hydrogen) atoms. The first-order chi connectivity index (χ1) is 10.5. The van der Waals surface area contributed by atoms with Gasteiger partial charge < -0.3 is 15.2 Å². The van der Waals surface area contributed by atoms with Gasteiger partial charge in [-0.3, -0.25) is 4.55 Å². The summed E-state index contributed by atoms with van der Waals surface area (Å²) in [6.07, 6.45) is 0.706. The van der Waals surface area contributed by atoms with E-state index in [0.717, 1.165) is 0 Å². The number of carbonyl (C=O) groups is 1. The van der Waals surface area contributed by atoms with E-state index in [9.17, 15) is 17.8 Å². The fraction of sp³-hybridized carbons (Fsp3) is 0.800. The van der Waals surface area contributed by atoms with E-state index in [0.29, 0.717) is 0 Å². The minimum atomic E-state index is -4.24. The Morgan fingerprint density at radius 3 is 2.09 bits per heavy atom. The van der Waals surface area contributed by atoms with Crippen molar-refractivity contribution in [3.8, 4) is 0 Å². The Hall–Kier alpha value is -0.960. The second-order valence-corrected chi connectivity index (χ2v) is 7.54. The SMILES string of the molecule is C=C(C)C(=O)OCC(N)(CCC(CC)(CC)S(=O)(=O)O)OCC. The molecule has 7 nitrogen and oxygen atoms in total. The molecule has 8 heteroatoms. The van der Waals surface area contributed by atoms with Crippen LogP contribution in [0.1, 0.15) is 53.4 Å². The lowest BCUT2D eigenvalue weighted by Crippen LogP contribution is -2.50. The molecule has 0 radical (unpaired) electrons. The highest BCUT2D eigenvalue weighted by atomic mass is 32.2. The summed E-state index contributed by atoms with van der Waals surface area (Å²) in [5, 5.41) is 0. The maximum atomic E-state index is 11.7. The standard InChI is InChI=1S/C15H29NO6S/c1-6-14(7-2,23(18,19)20)9-10-15(16,22-8-3)11-21-13(17)12(4)5/h4,6-11,16H2,1-3,5H3,(H,18,19,20). The molecular formula is C15H29NO6S. The van der Waals surface area contributed by atoms with Gasteiger partial charge in [0, 0.05) is 12.2 Å². The summed E-state index contributed by atoms with van der Waals surface area (Å²) in [5.74, 6) is -0.591. The van der Waals surface area contributed by atoms with Crippen LogP contribution in [0.3, 0.4) is 0 Å². The molecule has 0 aromatic carbocycles. The summed E-state index contributed by atoms with van der Waals surface area (Å²) in [6.45, 7) is 10.2. The van der Waals surface area contributed by atoms with E-state index in [-0.39, 0.29) is 44.5 Å². The van der Waals surface area contributed by atoms with E-state index in [4.69, 9.17) is 15.2 Å². The monoisotopic (exact) mass is 351 g/mol. The number of hydrogen-bond acceptors (Lipinski definition) is 6. The summed E-state index contributed by atoms with van der Waals surface area (Å²) in [7, 11) is -4.24. The third-order valence-corrected chi connectivity index (χ3v) is 5.94. The zero-order chi connectivity index (χ0) is 18.3. The van der Waals surface area contributed by atoms with Gasteiger partial charge in [0.05, 0.1) is 4.75 Å². The highest BCUT2D eigenvalue weighted by Gasteiger charge is 2.42. The normalized spacial score (nSPS) is 15.0. The van der Waals surface area contributed by atoms with Gasteiger partial charge in [-0.1, -0.05) is 20.4 Å². The van der Waals surface area contributed by atoms with Gasteiger partial charge in [0.15, 0.2) is 5.72 Å². The maximum Gasteiger partial charge on any atom is 0.333 e. The lowest BCUT2D eigenvalue weighted by Gasteiger charge is -2.34. The topological polar surface area (TPSA) is 116 Å². The smallest absolute Gasteiger partial charge is 0.333 e. The minimum absolute atomic E-state index is 0.0972. The van der Waals surface area contributed by atoms with E-state index in [1.54, 1.807) is 20.8 Å². The van der Waals surface area contributed by atoms with Gasteiger partial charge in [0.2, 0.25) is 0 Å². The number of nitrogens with two attached hydrogens (primary N) is 1. The van der Waals surface area contributed by atoms with E-state index in [1.165, 1.54) is 6.92 Å². The van der Waals surface area contributed by atoms with Gasteiger partial charge in [-0.25, -0.2) is 4.79 Å². The van der Waals surface area contributed by atoms with Crippen LogP contribution in [0.25, 0.3) is 0 Å². The molecule has 3 N–H and O–H groups in total. The van der Waals surface area contributed by atoms with Crippen LogP contribution in [0.15, 0.2) is 12.2 Å². The Balaban J connectivity index is 5.12. The van der Waals surface area contributed by atoms with Gasteiger partial charge in [-0.05, 0) is 39.5 Å². The molecule has 0 amide bonds. The van der Waals surface area contributed by atoms with Gasteiger partial charge in [0.25, 0.3) is 10.1 Å². The molecule has 0 aromatic rings. The average Bonchev–Trinajstić information content (AvgIpc) is 2.45. The predicted molar refractivity (Wildman–Crippen MR) is 88.4 cm³/mol. The van der Waals surface area contributed by atoms with E-state index in [1.807, 2.05) is 0 Å². The lowest BCUT2D eigenvalue weighted by atomic mass is 9.93. The predicted octanol–water partition coefficient (Wildman–Crippen LogP) is 2.02. The van der Waals surface area contributed by atoms with Gasteiger partial charge >= 0.3 is 5.97 Å². The molecular weight excluding hydrogens is 322 g/mol. The third kappa shape index (κ3) is 6.21. The number of ether oxygens (including phenoxy) is 2. The quantitative estimate of drug-likeness (QED) is 0.253. The lowest BCUT2D eigenvalue weighted by molar-refractivity contribution is -0.152. The zero-order valence-electron chi connectivity index (χ0n) is 14.4. The highest BCUT2D eigenvalue weighted by molar-refractivity contribution is 7.87. The fourth-order valence-electron chi connectivity index (χ4n) is 2.32. The van der Waals surface area contributed by atoms with Crippen molar-refractivity contribution in [3.63, 3.8) is 0 Å². The van der Waals surface area contributed by atoms with Crippen LogP contribution in [-0.2, 0) is 24.4 Å². The zero-order valence-corrected chi connectivity index (χ0v) is 15.2. The number of rotatable bonds is 11. The maximum absolute atomic E-state index is 11.7. The molecule has 0 rings (SSSR count). The van der Waals surface area contributed by atoms with Crippen LogP contribution in [0.5, 0.6) is 0 Å². The van der Waals surface area contributed by atoms with Crippen molar-refractivity contribution in [2.75, 3.05) is 13.2 Å². The number of esters is 1. The van der Waals surface area contributed by atoms with Crippen molar-refractivity contribution in [2.45, 2.75) is 63.9 Å². The molecule has 0 bridgehead atoms. The first-order valence-corrected chi connectivity index (χ1v) is 9.13. The van der Waals surface area contributed by atoms with E-state index < -0.39 is 26.6 Å². The van der Waals surface area contributed by atoms with Crippen molar-refractivity contribution in [1.82, 2.24) is 0 Å². The molecule has 0 saturated heterocycles. The van der Waals surface area contributed by atoms with Crippen LogP contribution in [-0.4, -0.2) is 42.6 Å². The summed E-state index contributed by atoms with van der Waals surface area (Å²) in [4.78, 5) is 11.5. The Bertz CT molecular complexity index is 512. The Morgan fingerprint density at radius 2 is 1.74 bits per heavy atom. The Morgan fingerprint density at radius 1 is 1.22 bits per heavy atom. The number of carbonyl (C=O) groups excluding carboxylic acids is 1. The Kier molecular flexibility index (Phi) is 8.40. The molecule has 136 valence electrons. The summed E-state index contributed by atoms with van der Waals surface area (Å²) in [6, 6.07) is 0. The molecule has 0 heterocycles. The molecule has 0 aromatic heterocycles. The Labute approximate surface area is 139 Å². The van der Waals surface area contributed by atoms with Gasteiger partial charge in [-0.15, -0.1) is 0 Å². The van der Waals surface area contributed by atoms with E-state index in [2.05, 4.69) is 6.58 Å². The van der Waals surface area contributed by atoms with E-state index >= 15 is 0 Å². The second kappa shape index (κ2) is 8.77. The molecule has 0 saturated carbocycles. The molecule has 0 spiro atoms. The summed E-state index contributed by atoms with van der Waals surface area (Å²) < 4.78 is 42.2.